The summed E-state index contributed by atoms with van der Waals surface area (Å²) in [6.45, 7) is 7.41. The highest BCUT2D eigenvalue weighted by Gasteiger charge is 2.52. The van der Waals surface area contributed by atoms with Crippen LogP contribution in [-0.2, 0) is 14.4 Å². The molecule has 0 spiro atoms. The number of carbonyl (C=O) groups is 4. The van der Waals surface area contributed by atoms with Gasteiger partial charge in [0.25, 0.3) is 11.8 Å². The molecule has 0 aromatic heterocycles. The third kappa shape index (κ3) is 4.45. The summed E-state index contributed by atoms with van der Waals surface area (Å²) >= 11 is 0. The lowest BCUT2D eigenvalue weighted by atomic mass is 9.98. The first-order valence-electron chi connectivity index (χ1n) is 11.7. The number of amides is 4. The van der Waals surface area contributed by atoms with Crippen molar-refractivity contribution in [2.45, 2.75) is 58.7 Å². The van der Waals surface area contributed by atoms with Gasteiger partial charge in [-0.3, -0.25) is 34.9 Å². The maximum atomic E-state index is 13.2. The van der Waals surface area contributed by atoms with Crippen LogP contribution < -0.4 is 20.5 Å². The van der Waals surface area contributed by atoms with Crippen molar-refractivity contribution in [3.8, 4) is 5.75 Å². The Bertz CT molecular complexity index is 1200. The Kier molecular flexibility index (Phi) is 6.51. The van der Waals surface area contributed by atoms with Gasteiger partial charge in [-0.25, -0.2) is 0 Å². The Hall–Kier alpha value is -3.88. The average molecular weight is 479 g/mol. The van der Waals surface area contributed by atoms with Gasteiger partial charge in [0, 0.05) is 19.4 Å². The molecule has 2 aromatic rings. The van der Waals surface area contributed by atoms with E-state index in [1.165, 1.54) is 0 Å². The molecule has 2 N–H and O–H groups in total. The van der Waals surface area contributed by atoms with Crippen LogP contribution in [0.1, 0.15) is 54.6 Å². The molecule has 0 aliphatic carbocycles. The molecule has 2 heterocycles. The SMILES string of the molecule is Cc1cccc(O[C@@H](C)C(=O)NNC(=O)CCN2C(=O)c3ccccc3N3C(=O)CC[C@]23C)c1C. The van der Waals surface area contributed by atoms with Gasteiger partial charge in [-0.1, -0.05) is 24.3 Å². The third-order valence-electron chi connectivity index (χ3n) is 6.86. The van der Waals surface area contributed by atoms with Gasteiger partial charge in [-0.15, -0.1) is 0 Å². The highest BCUT2D eigenvalue weighted by atomic mass is 16.5. The average Bonchev–Trinajstić information content (AvgIpc) is 3.15. The quantitative estimate of drug-likeness (QED) is 0.621. The van der Waals surface area contributed by atoms with E-state index in [1.54, 1.807) is 47.1 Å². The number of hydrogen-bond donors (Lipinski definition) is 2. The number of benzene rings is 2. The molecule has 0 unspecified atom stereocenters. The first kappa shape index (κ1) is 24.3. The summed E-state index contributed by atoms with van der Waals surface area (Å²) in [5.74, 6) is -0.620. The maximum Gasteiger partial charge on any atom is 0.279 e. The Morgan fingerprint density at radius 1 is 1.09 bits per heavy atom. The van der Waals surface area contributed by atoms with Crippen LogP contribution in [0, 0.1) is 13.8 Å². The number of hydrogen-bond acceptors (Lipinski definition) is 5. The van der Waals surface area contributed by atoms with Crippen LogP contribution in [0.4, 0.5) is 5.69 Å². The molecule has 35 heavy (non-hydrogen) atoms. The van der Waals surface area contributed by atoms with Crippen molar-refractivity contribution in [3.63, 3.8) is 0 Å². The Labute approximate surface area is 204 Å². The van der Waals surface area contributed by atoms with E-state index in [0.29, 0.717) is 29.8 Å². The predicted molar refractivity (Wildman–Crippen MR) is 130 cm³/mol. The summed E-state index contributed by atoms with van der Waals surface area (Å²) in [7, 11) is 0. The molecule has 2 aromatic carbocycles. The van der Waals surface area contributed by atoms with E-state index in [2.05, 4.69) is 10.9 Å². The van der Waals surface area contributed by atoms with Gasteiger partial charge in [0.05, 0.1) is 11.3 Å². The third-order valence-corrected chi connectivity index (χ3v) is 6.86. The molecular formula is C26H30N4O5. The highest BCUT2D eigenvalue weighted by Crippen LogP contribution is 2.43. The molecule has 1 saturated heterocycles. The standard InChI is InChI=1S/C26H30N4O5/c1-16-8-7-11-21(17(16)2)35-18(3)24(33)28-27-22(31)13-15-29-25(34)19-9-5-6-10-20(19)30-23(32)12-14-26(29,30)4/h5-11,18H,12-15H2,1-4H3,(H,27,31)(H,28,33)/t18-,26+/m0/s1. The van der Waals surface area contributed by atoms with E-state index < -0.39 is 23.6 Å². The van der Waals surface area contributed by atoms with Gasteiger partial charge in [-0.05, 0) is 63.4 Å². The summed E-state index contributed by atoms with van der Waals surface area (Å²) < 4.78 is 5.74. The smallest absolute Gasteiger partial charge is 0.279 e. The normalized spacial score (nSPS) is 19.7. The van der Waals surface area contributed by atoms with Gasteiger partial charge in [0.2, 0.25) is 11.8 Å². The number of rotatable bonds is 6. The van der Waals surface area contributed by atoms with Gasteiger partial charge in [-0.2, -0.15) is 0 Å². The monoisotopic (exact) mass is 478 g/mol. The first-order chi connectivity index (χ1) is 16.6. The molecule has 4 amide bonds. The molecule has 9 nitrogen and oxygen atoms in total. The second kappa shape index (κ2) is 9.40. The summed E-state index contributed by atoms with van der Waals surface area (Å²) in [6.07, 6.45) is -0.0574. The Balaban J connectivity index is 1.35. The van der Waals surface area contributed by atoms with Gasteiger partial charge in [0.15, 0.2) is 6.10 Å². The second-order valence-corrected chi connectivity index (χ2v) is 9.17. The van der Waals surface area contributed by atoms with Crippen molar-refractivity contribution in [2.24, 2.45) is 0 Å². The minimum absolute atomic E-state index is 0.0436. The molecule has 1 fully saturated rings. The Morgan fingerprint density at radius 3 is 2.60 bits per heavy atom. The number of nitrogens with one attached hydrogen (secondary N) is 2. The molecule has 0 radical (unpaired) electrons. The van der Waals surface area contributed by atoms with Gasteiger partial charge < -0.3 is 9.64 Å². The molecule has 2 aliphatic rings. The predicted octanol–water partition coefficient (Wildman–Crippen LogP) is 2.61. The van der Waals surface area contributed by atoms with E-state index in [0.717, 1.165) is 11.1 Å². The lowest BCUT2D eigenvalue weighted by Crippen LogP contribution is -2.62. The highest BCUT2D eigenvalue weighted by molar-refractivity contribution is 6.10. The van der Waals surface area contributed by atoms with Crippen LogP contribution >= 0.6 is 0 Å². The number of ether oxygens (including phenoxy) is 1. The minimum Gasteiger partial charge on any atom is -0.481 e. The van der Waals surface area contributed by atoms with E-state index in [9.17, 15) is 19.2 Å². The fourth-order valence-corrected chi connectivity index (χ4v) is 4.65. The maximum absolute atomic E-state index is 13.2. The molecule has 9 heteroatoms. The van der Waals surface area contributed by atoms with Crippen molar-refractivity contribution in [1.82, 2.24) is 15.8 Å². The number of fused-ring (bicyclic) bond motifs is 3. The summed E-state index contributed by atoms with van der Waals surface area (Å²) in [5, 5.41) is 0. The van der Waals surface area contributed by atoms with Crippen molar-refractivity contribution in [1.29, 1.82) is 0 Å². The van der Waals surface area contributed by atoms with E-state index in [1.807, 2.05) is 32.9 Å². The van der Waals surface area contributed by atoms with Crippen LogP contribution in [0.15, 0.2) is 42.5 Å². The molecule has 2 atom stereocenters. The lowest BCUT2D eigenvalue weighted by Gasteiger charge is -2.48. The molecular weight excluding hydrogens is 448 g/mol. The van der Waals surface area contributed by atoms with Crippen molar-refractivity contribution >= 4 is 29.3 Å². The van der Waals surface area contributed by atoms with E-state index in [-0.39, 0.29) is 24.8 Å². The number of aryl methyl sites for hydroxylation is 1. The van der Waals surface area contributed by atoms with Gasteiger partial charge >= 0.3 is 0 Å². The summed E-state index contributed by atoms with van der Waals surface area (Å²) in [6, 6.07) is 12.6. The molecule has 4 rings (SSSR count). The number of nitrogens with zero attached hydrogens (tertiary/aromatic N) is 2. The molecule has 0 bridgehead atoms. The van der Waals surface area contributed by atoms with Crippen LogP contribution in [0.2, 0.25) is 0 Å². The van der Waals surface area contributed by atoms with Crippen LogP contribution in [-0.4, -0.2) is 46.8 Å². The fourth-order valence-electron chi connectivity index (χ4n) is 4.65. The zero-order valence-electron chi connectivity index (χ0n) is 20.4. The number of hydrazine groups is 1. The van der Waals surface area contributed by atoms with Gasteiger partial charge in [0.1, 0.15) is 11.4 Å². The minimum atomic E-state index is -0.833. The zero-order valence-corrected chi connectivity index (χ0v) is 20.4. The van der Waals surface area contributed by atoms with Crippen LogP contribution in [0.25, 0.3) is 0 Å². The zero-order chi connectivity index (χ0) is 25.3. The number of carbonyl (C=O) groups excluding carboxylic acids is 4. The van der Waals surface area contributed by atoms with Crippen LogP contribution in [0.5, 0.6) is 5.75 Å². The molecule has 0 saturated carbocycles. The molecule has 184 valence electrons. The topological polar surface area (TPSA) is 108 Å². The first-order valence-corrected chi connectivity index (χ1v) is 11.7. The second-order valence-electron chi connectivity index (χ2n) is 9.17. The fraction of sp³-hybridized carbons (Fsp3) is 0.385. The van der Waals surface area contributed by atoms with Crippen LogP contribution in [0.3, 0.4) is 0 Å². The Morgan fingerprint density at radius 2 is 1.83 bits per heavy atom. The molecule has 2 aliphatic heterocycles. The van der Waals surface area contributed by atoms with E-state index >= 15 is 0 Å². The number of anilines is 1. The largest absolute Gasteiger partial charge is 0.481 e. The lowest BCUT2D eigenvalue weighted by molar-refractivity contribution is -0.132. The number of para-hydroxylation sites is 1. The van der Waals surface area contributed by atoms with Crippen molar-refractivity contribution in [2.75, 3.05) is 11.4 Å². The summed E-state index contributed by atoms with van der Waals surface area (Å²) in [4.78, 5) is 54.0. The van der Waals surface area contributed by atoms with E-state index in [4.69, 9.17) is 4.74 Å². The van der Waals surface area contributed by atoms with Crippen molar-refractivity contribution in [3.05, 3.63) is 59.2 Å². The van der Waals surface area contributed by atoms with Crippen molar-refractivity contribution < 1.29 is 23.9 Å². The summed E-state index contributed by atoms with van der Waals surface area (Å²) in [5.41, 5.74) is 6.98.